The molecule has 1 unspecified atom stereocenters. The number of amides is 1. The average molecular weight is 447 g/mol. The summed E-state index contributed by atoms with van der Waals surface area (Å²) >= 11 is 0. The van der Waals surface area contributed by atoms with Crippen molar-refractivity contribution in [2.75, 3.05) is 18.7 Å². The minimum atomic E-state index is -3.01. The average Bonchev–Trinajstić information content (AvgIpc) is 3.24. The van der Waals surface area contributed by atoms with Gasteiger partial charge in [-0.05, 0) is 36.8 Å². The number of hydrazone groups is 1. The van der Waals surface area contributed by atoms with E-state index in [-0.39, 0.29) is 42.7 Å². The van der Waals surface area contributed by atoms with Crippen LogP contribution in [0.25, 0.3) is 0 Å². The van der Waals surface area contributed by atoms with Gasteiger partial charge in [-0.15, -0.1) is 0 Å². The van der Waals surface area contributed by atoms with E-state index in [2.05, 4.69) is 15.2 Å². The summed E-state index contributed by atoms with van der Waals surface area (Å²) in [5.41, 5.74) is 1.32. The first-order valence-electron chi connectivity index (χ1n) is 9.91. The highest BCUT2D eigenvalue weighted by atomic mass is 19.3. The van der Waals surface area contributed by atoms with Crippen molar-refractivity contribution >= 4 is 23.3 Å². The standard InChI is InChI=1S/C22H23F2N3O5/c1-3-31-21(29)16-12-17(27(26-16)15-7-5-4-6-8-15)20(28)25-13-14-9-10-18(30-2)19(11-14)32-22(23)24/h4-11,17,22H,3,12-13H2,1-2H3,(H,25,28). The van der Waals surface area contributed by atoms with Crippen LogP contribution >= 0.6 is 0 Å². The Morgan fingerprint density at radius 1 is 1.19 bits per heavy atom. The van der Waals surface area contributed by atoms with Crippen LogP contribution in [0.4, 0.5) is 14.5 Å². The molecule has 2 aromatic rings. The van der Waals surface area contributed by atoms with Gasteiger partial charge < -0.3 is 19.5 Å². The number of esters is 1. The zero-order valence-corrected chi connectivity index (χ0v) is 17.6. The van der Waals surface area contributed by atoms with Gasteiger partial charge in [0.05, 0.1) is 19.4 Å². The highest BCUT2D eigenvalue weighted by Crippen LogP contribution is 2.30. The highest BCUT2D eigenvalue weighted by molar-refractivity contribution is 6.38. The van der Waals surface area contributed by atoms with E-state index in [0.717, 1.165) is 0 Å². The van der Waals surface area contributed by atoms with Gasteiger partial charge in [-0.3, -0.25) is 9.80 Å². The molecule has 32 heavy (non-hydrogen) atoms. The molecule has 2 aromatic carbocycles. The first kappa shape index (κ1) is 23.0. The van der Waals surface area contributed by atoms with Gasteiger partial charge in [0, 0.05) is 13.0 Å². The largest absolute Gasteiger partial charge is 0.493 e. The third-order valence-electron chi connectivity index (χ3n) is 4.66. The highest BCUT2D eigenvalue weighted by Gasteiger charge is 2.36. The minimum absolute atomic E-state index is 0.0519. The summed E-state index contributed by atoms with van der Waals surface area (Å²) in [5, 5.41) is 8.53. The van der Waals surface area contributed by atoms with E-state index in [9.17, 15) is 18.4 Å². The molecule has 3 rings (SSSR count). The molecule has 1 aliphatic rings. The van der Waals surface area contributed by atoms with Crippen LogP contribution in [0, 0.1) is 0 Å². The maximum atomic E-state index is 13.0. The van der Waals surface area contributed by atoms with Crippen molar-refractivity contribution < 1.29 is 32.6 Å². The maximum Gasteiger partial charge on any atom is 0.387 e. The molecule has 1 atom stereocenters. The number of hydrogen-bond donors (Lipinski definition) is 1. The summed E-state index contributed by atoms with van der Waals surface area (Å²) in [4.78, 5) is 25.1. The van der Waals surface area contributed by atoms with Gasteiger partial charge in [-0.25, -0.2) is 4.79 Å². The summed E-state index contributed by atoms with van der Waals surface area (Å²) in [7, 11) is 1.34. The van der Waals surface area contributed by atoms with E-state index in [0.29, 0.717) is 11.3 Å². The molecule has 1 heterocycles. The molecule has 0 aliphatic carbocycles. The predicted molar refractivity (Wildman–Crippen MR) is 113 cm³/mol. The van der Waals surface area contributed by atoms with Crippen LogP contribution in [0.1, 0.15) is 18.9 Å². The minimum Gasteiger partial charge on any atom is -0.493 e. The SMILES string of the molecule is CCOC(=O)C1=NN(c2ccccc2)C(C(=O)NCc2ccc(OC)c(OC(F)F)c2)C1. The molecule has 0 fully saturated rings. The molecular weight excluding hydrogens is 424 g/mol. The first-order valence-corrected chi connectivity index (χ1v) is 9.91. The van der Waals surface area contributed by atoms with Crippen molar-refractivity contribution in [3.05, 3.63) is 54.1 Å². The molecule has 0 radical (unpaired) electrons. The van der Waals surface area contributed by atoms with Crippen LogP contribution in [0.2, 0.25) is 0 Å². The number of anilines is 1. The van der Waals surface area contributed by atoms with Gasteiger partial charge in [-0.1, -0.05) is 24.3 Å². The third kappa shape index (κ3) is 5.51. The lowest BCUT2D eigenvalue weighted by Crippen LogP contribution is -2.42. The van der Waals surface area contributed by atoms with Crippen molar-refractivity contribution in [1.29, 1.82) is 0 Å². The van der Waals surface area contributed by atoms with E-state index in [1.54, 1.807) is 37.3 Å². The Hall–Kier alpha value is -3.69. The van der Waals surface area contributed by atoms with E-state index in [1.807, 2.05) is 6.07 Å². The molecule has 0 saturated carbocycles. The van der Waals surface area contributed by atoms with E-state index in [4.69, 9.17) is 9.47 Å². The number of carbonyl (C=O) groups is 2. The zero-order chi connectivity index (χ0) is 23.1. The van der Waals surface area contributed by atoms with Crippen LogP contribution in [0.5, 0.6) is 11.5 Å². The Morgan fingerprint density at radius 2 is 1.94 bits per heavy atom. The number of nitrogens with zero attached hydrogens (tertiary/aromatic N) is 2. The number of ether oxygens (including phenoxy) is 3. The van der Waals surface area contributed by atoms with Gasteiger partial charge >= 0.3 is 12.6 Å². The van der Waals surface area contributed by atoms with Gasteiger partial charge in [0.25, 0.3) is 0 Å². The van der Waals surface area contributed by atoms with E-state index >= 15 is 0 Å². The van der Waals surface area contributed by atoms with Gasteiger partial charge in [0.15, 0.2) is 11.5 Å². The van der Waals surface area contributed by atoms with Crippen LogP contribution < -0.4 is 19.8 Å². The quantitative estimate of drug-likeness (QED) is 0.595. The zero-order valence-electron chi connectivity index (χ0n) is 17.6. The Bertz CT molecular complexity index is 985. The number of halogens is 2. The number of rotatable bonds is 9. The first-order chi connectivity index (χ1) is 15.4. The maximum absolute atomic E-state index is 13.0. The second-order valence-corrected chi connectivity index (χ2v) is 6.75. The summed E-state index contributed by atoms with van der Waals surface area (Å²) in [6, 6.07) is 12.7. The monoisotopic (exact) mass is 447 g/mol. The number of alkyl halides is 2. The molecule has 170 valence electrons. The molecule has 0 spiro atoms. The smallest absolute Gasteiger partial charge is 0.387 e. The number of benzene rings is 2. The van der Waals surface area contributed by atoms with Crippen molar-refractivity contribution in [3.8, 4) is 11.5 Å². The number of nitrogens with one attached hydrogen (secondary N) is 1. The summed E-state index contributed by atoms with van der Waals surface area (Å²) in [6.45, 7) is -1.07. The molecule has 1 amide bonds. The number of para-hydroxylation sites is 1. The van der Waals surface area contributed by atoms with Crippen molar-refractivity contribution in [1.82, 2.24) is 5.32 Å². The molecule has 8 nitrogen and oxygen atoms in total. The predicted octanol–water partition coefficient (Wildman–Crippen LogP) is 3.11. The summed E-state index contributed by atoms with van der Waals surface area (Å²) < 4.78 is 39.8. The lowest BCUT2D eigenvalue weighted by Gasteiger charge is -2.22. The van der Waals surface area contributed by atoms with E-state index in [1.165, 1.54) is 24.3 Å². The van der Waals surface area contributed by atoms with Crippen LogP contribution in [0.15, 0.2) is 53.6 Å². The van der Waals surface area contributed by atoms with Crippen molar-refractivity contribution in [2.24, 2.45) is 5.10 Å². The fraction of sp³-hybridized carbons (Fsp3) is 0.318. The van der Waals surface area contributed by atoms with E-state index < -0.39 is 18.6 Å². The van der Waals surface area contributed by atoms with Crippen molar-refractivity contribution in [2.45, 2.75) is 32.5 Å². The van der Waals surface area contributed by atoms with Gasteiger partial charge in [-0.2, -0.15) is 13.9 Å². The Labute approximate surface area is 183 Å². The lowest BCUT2D eigenvalue weighted by atomic mass is 10.1. The van der Waals surface area contributed by atoms with Crippen LogP contribution in [0.3, 0.4) is 0 Å². The summed E-state index contributed by atoms with van der Waals surface area (Å²) in [6.07, 6.45) is 0.0713. The van der Waals surface area contributed by atoms with Crippen molar-refractivity contribution in [3.63, 3.8) is 0 Å². The number of hydrogen-bond acceptors (Lipinski definition) is 7. The molecule has 1 N–H and O–H groups in total. The van der Waals surface area contributed by atoms with Crippen LogP contribution in [-0.2, 0) is 20.9 Å². The Morgan fingerprint density at radius 3 is 2.59 bits per heavy atom. The Balaban J connectivity index is 1.74. The summed E-state index contributed by atoms with van der Waals surface area (Å²) in [5.74, 6) is -0.940. The van der Waals surface area contributed by atoms with Gasteiger partial charge in [0.2, 0.25) is 5.91 Å². The second kappa shape index (κ2) is 10.6. The topological polar surface area (TPSA) is 89.5 Å². The molecule has 1 aliphatic heterocycles. The molecule has 0 aromatic heterocycles. The van der Waals surface area contributed by atoms with Gasteiger partial charge in [0.1, 0.15) is 11.8 Å². The van der Waals surface area contributed by atoms with Crippen LogP contribution in [-0.4, -0.2) is 44.0 Å². The normalized spacial score (nSPS) is 15.3. The lowest BCUT2D eigenvalue weighted by molar-refractivity contribution is -0.135. The Kier molecular flexibility index (Phi) is 7.58. The fourth-order valence-electron chi connectivity index (χ4n) is 3.20. The molecule has 10 heteroatoms. The number of carbonyl (C=O) groups excluding carboxylic acids is 2. The fourth-order valence-corrected chi connectivity index (χ4v) is 3.20. The third-order valence-corrected chi connectivity index (χ3v) is 4.66. The number of methoxy groups -OCH3 is 1. The molecular formula is C22H23F2N3O5. The molecule has 0 saturated heterocycles. The molecule has 0 bridgehead atoms. The second-order valence-electron chi connectivity index (χ2n) is 6.75.